The minimum atomic E-state index is -1.04. The standard InChI is InChI=1S/C16H13Cl2NO3/c17-8-11-2-1-10(7-13(20)21)14(15(11)19)16(22)9-3-5-12(18)6-4-9/h1-6H,7-8,19H2,(H,20,21). The molecule has 0 heterocycles. The Labute approximate surface area is 137 Å². The first kappa shape index (κ1) is 16.3. The number of anilines is 1. The summed E-state index contributed by atoms with van der Waals surface area (Å²) in [5, 5.41) is 9.51. The van der Waals surface area contributed by atoms with Gasteiger partial charge < -0.3 is 10.8 Å². The van der Waals surface area contributed by atoms with E-state index in [1.165, 1.54) is 0 Å². The first-order valence-electron chi connectivity index (χ1n) is 6.42. The highest BCUT2D eigenvalue weighted by molar-refractivity contribution is 6.30. The number of carbonyl (C=O) groups is 2. The van der Waals surface area contributed by atoms with Gasteiger partial charge in [-0.3, -0.25) is 9.59 Å². The molecule has 22 heavy (non-hydrogen) atoms. The molecule has 0 aliphatic carbocycles. The van der Waals surface area contributed by atoms with E-state index in [-0.39, 0.29) is 29.3 Å². The summed E-state index contributed by atoms with van der Waals surface area (Å²) in [5.41, 5.74) is 7.75. The van der Waals surface area contributed by atoms with Crippen LogP contribution >= 0.6 is 23.2 Å². The topological polar surface area (TPSA) is 80.4 Å². The number of ketones is 1. The third-order valence-electron chi connectivity index (χ3n) is 3.24. The monoisotopic (exact) mass is 337 g/mol. The van der Waals surface area contributed by atoms with Crippen LogP contribution in [-0.4, -0.2) is 16.9 Å². The third-order valence-corrected chi connectivity index (χ3v) is 3.78. The van der Waals surface area contributed by atoms with Crippen molar-refractivity contribution >= 4 is 40.6 Å². The van der Waals surface area contributed by atoms with Gasteiger partial charge in [0.1, 0.15) is 0 Å². The molecule has 0 aromatic heterocycles. The normalized spacial score (nSPS) is 10.5. The number of carboxylic acids is 1. The molecule has 2 aromatic carbocycles. The Kier molecular flexibility index (Phi) is 5.06. The van der Waals surface area contributed by atoms with Gasteiger partial charge in [-0.25, -0.2) is 0 Å². The van der Waals surface area contributed by atoms with Crippen LogP contribution in [0, 0.1) is 0 Å². The molecule has 6 heteroatoms. The number of carboxylic acid groups (broad SMARTS) is 1. The first-order valence-corrected chi connectivity index (χ1v) is 7.33. The molecule has 3 N–H and O–H groups in total. The van der Waals surface area contributed by atoms with Crippen molar-refractivity contribution in [2.45, 2.75) is 12.3 Å². The summed E-state index contributed by atoms with van der Waals surface area (Å²) in [6, 6.07) is 9.54. The van der Waals surface area contributed by atoms with Crippen molar-refractivity contribution in [2.24, 2.45) is 0 Å². The van der Waals surface area contributed by atoms with Gasteiger partial charge in [0.15, 0.2) is 5.78 Å². The molecule has 0 saturated carbocycles. The Bertz CT molecular complexity index is 727. The molecule has 0 bridgehead atoms. The largest absolute Gasteiger partial charge is 0.481 e. The number of hydrogen-bond acceptors (Lipinski definition) is 3. The van der Waals surface area contributed by atoms with Crippen LogP contribution in [0.5, 0.6) is 0 Å². The molecule has 0 aliphatic rings. The number of carbonyl (C=O) groups excluding carboxylic acids is 1. The van der Waals surface area contributed by atoms with E-state index in [1.807, 2.05) is 0 Å². The molecule has 4 nitrogen and oxygen atoms in total. The van der Waals surface area contributed by atoms with Crippen LogP contribution in [0.3, 0.4) is 0 Å². The summed E-state index contributed by atoms with van der Waals surface area (Å²) < 4.78 is 0. The molecule has 0 radical (unpaired) electrons. The van der Waals surface area contributed by atoms with Gasteiger partial charge in [0, 0.05) is 27.7 Å². The number of alkyl halides is 1. The average Bonchev–Trinajstić information content (AvgIpc) is 2.47. The zero-order valence-electron chi connectivity index (χ0n) is 11.5. The van der Waals surface area contributed by atoms with E-state index < -0.39 is 5.97 Å². The summed E-state index contributed by atoms with van der Waals surface area (Å²) in [6.07, 6.45) is -0.290. The molecule has 2 rings (SSSR count). The quantitative estimate of drug-likeness (QED) is 0.497. The van der Waals surface area contributed by atoms with Gasteiger partial charge >= 0.3 is 5.97 Å². The molecule has 2 aromatic rings. The number of aliphatic carboxylic acids is 1. The van der Waals surface area contributed by atoms with Gasteiger partial charge in [0.25, 0.3) is 0 Å². The van der Waals surface area contributed by atoms with Crippen molar-refractivity contribution < 1.29 is 14.7 Å². The lowest BCUT2D eigenvalue weighted by Crippen LogP contribution is -2.13. The predicted octanol–water partition coefficient (Wildman–Crippen LogP) is 3.52. The van der Waals surface area contributed by atoms with E-state index in [1.54, 1.807) is 36.4 Å². The minimum absolute atomic E-state index is 0.139. The molecule has 0 saturated heterocycles. The summed E-state index contributed by atoms with van der Waals surface area (Å²) in [6.45, 7) is 0. The Morgan fingerprint density at radius 1 is 1.05 bits per heavy atom. The number of halogens is 2. The second kappa shape index (κ2) is 6.81. The fraction of sp³-hybridized carbons (Fsp3) is 0.125. The van der Waals surface area contributed by atoms with Gasteiger partial charge in [-0.2, -0.15) is 0 Å². The Hall–Kier alpha value is -2.04. The smallest absolute Gasteiger partial charge is 0.307 e. The summed E-state index contributed by atoms with van der Waals surface area (Å²) in [4.78, 5) is 23.7. The summed E-state index contributed by atoms with van der Waals surface area (Å²) in [7, 11) is 0. The van der Waals surface area contributed by atoms with Crippen LogP contribution in [0.2, 0.25) is 5.02 Å². The second-order valence-electron chi connectivity index (χ2n) is 4.71. The summed E-state index contributed by atoms with van der Waals surface area (Å²) >= 11 is 11.6. The van der Waals surface area contributed by atoms with Crippen molar-refractivity contribution in [3.8, 4) is 0 Å². The van der Waals surface area contributed by atoms with Crippen LogP contribution in [0.15, 0.2) is 36.4 Å². The maximum atomic E-state index is 12.7. The summed E-state index contributed by atoms with van der Waals surface area (Å²) in [5.74, 6) is -1.25. The zero-order valence-corrected chi connectivity index (χ0v) is 13.0. The van der Waals surface area contributed by atoms with E-state index in [0.29, 0.717) is 21.7 Å². The molecule has 114 valence electrons. The van der Waals surface area contributed by atoms with E-state index in [0.717, 1.165) is 0 Å². The molecule has 0 amide bonds. The van der Waals surface area contributed by atoms with Crippen LogP contribution in [0.4, 0.5) is 5.69 Å². The van der Waals surface area contributed by atoms with Crippen molar-refractivity contribution in [2.75, 3.05) is 5.73 Å². The lowest BCUT2D eigenvalue weighted by Gasteiger charge is -2.13. The molecule has 0 atom stereocenters. The Morgan fingerprint density at radius 2 is 1.64 bits per heavy atom. The van der Waals surface area contributed by atoms with Gasteiger partial charge in [0.05, 0.1) is 6.42 Å². The Morgan fingerprint density at radius 3 is 2.18 bits per heavy atom. The van der Waals surface area contributed by atoms with Gasteiger partial charge in [-0.05, 0) is 35.4 Å². The van der Waals surface area contributed by atoms with E-state index in [4.69, 9.17) is 34.0 Å². The van der Waals surface area contributed by atoms with E-state index in [9.17, 15) is 9.59 Å². The fourth-order valence-electron chi connectivity index (χ4n) is 2.15. The Balaban J connectivity index is 2.57. The number of nitrogens with two attached hydrogens (primary N) is 1. The van der Waals surface area contributed by atoms with Gasteiger partial charge in [-0.15, -0.1) is 11.6 Å². The highest BCUT2D eigenvalue weighted by Crippen LogP contribution is 2.27. The van der Waals surface area contributed by atoms with Gasteiger partial charge in [-0.1, -0.05) is 23.7 Å². The van der Waals surface area contributed by atoms with Crippen molar-refractivity contribution in [3.05, 3.63) is 63.7 Å². The SMILES string of the molecule is Nc1c(CCl)ccc(CC(=O)O)c1C(=O)c1ccc(Cl)cc1. The van der Waals surface area contributed by atoms with Crippen LogP contribution in [0.25, 0.3) is 0 Å². The fourth-order valence-corrected chi connectivity index (χ4v) is 2.51. The molecule has 0 fully saturated rings. The number of nitrogen functional groups attached to an aromatic ring is 1. The maximum absolute atomic E-state index is 12.7. The average molecular weight is 338 g/mol. The maximum Gasteiger partial charge on any atom is 0.307 e. The van der Waals surface area contributed by atoms with Gasteiger partial charge in [0.2, 0.25) is 0 Å². The highest BCUT2D eigenvalue weighted by Gasteiger charge is 2.20. The minimum Gasteiger partial charge on any atom is -0.481 e. The molecule has 0 aliphatic heterocycles. The predicted molar refractivity (Wildman–Crippen MR) is 86.6 cm³/mol. The number of hydrogen-bond donors (Lipinski definition) is 2. The lowest BCUT2D eigenvalue weighted by molar-refractivity contribution is -0.136. The number of benzene rings is 2. The van der Waals surface area contributed by atoms with Crippen LogP contribution < -0.4 is 5.73 Å². The van der Waals surface area contributed by atoms with Crippen molar-refractivity contribution in [3.63, 3.8) is 0 Å². The molecular formula is C16H13Cl2NO3. The lowest BCUT2D eigenvalue weighted by atomic mass is 9.93. The third kappa shape index (κ3) is 3.40. The molecular weight excluding hydrogens is 325 g/mol. The second-order valence-corrected chi connectivity index (χ2v) is 5.42. The van der Waals surface area contributed by atoms with Crippen LogP contribution in [0.1, 0.15) is 27.0 Å². The van der Waals surface area contributed by atoms with Crippen molar-refractivity contribution in [1.29, 1.82) is 0 Å². The van der Waals surface area contributed by atoms with Crippen LogP contribution in [-0.2, 0) is 17.1 Å². The van der Waals surface area contributed by atoms with E-state index in [2.05, 4.69) is 0 Å². The number of rotatable bonds is 5. The first-order chi connectivity index (χ1) is 10.4. The highest BCUT2D eigenvalue weighted by atomic mass is 35.5. The molecule has 0 spiro atoms. The van der Waals surface area contributed by atoms with Crippen molar-refractivity contribution in [1.82, 2.24) is 0 Å². The molecule has 0 unspecified atom stereocenters. The van der Waals surface area contributed by atoms with E-state index >= 15 is 0 Å². The zero-order chi connectivity index (χ0) is 16.3.